The molecule has 0 aliphatic heterocycles. The summed E-state index contributed by atoms with van der Waals surface area (Å²) < 4.78 is 0. The minimum atomic E-state index is -0.170. The van der Waals surface area contributed by atoms with Gasteiger partial charge in [-0.2, -0.15) is 0 Å². The average molecular weight is 154 g/mol. The van der Waals surface area contributed by atoms with Crippen molar-refractivity contribution in [2.45, 2.75) is 39.7 Å². The standard InChI is InChI=1S/C10H18O/c1-7(2)9-5-4-8(3)10(11)6-9/h4,7,9-11H,5-6H2,1-3H3/t9-,10-/m1/s1. The van der Waals surface area contributed by atoms with Crippen molar-refractivity contribution in [3.8, 4) is 0 Å². The van der Waals surface area contributed by atoms with Crippen LogP contribution in [0.4, 0.5) is 0 Å². The van der Waals surface area contributed by atoms with Crippen LogP contribution < -0.4 is 0 Å². The maximum atomic E-state index is 9.53. The molecule has 0 spiro atoms. The van der Waals surface area contributed by atoms with Gasteiger partial charge in [0.05, 0.1) is 6.10 Å². The van der Waals surface area contributed by atoms with E-state index in [9.17, 15) is 5.11 Å². The lowest BCUT2D eigenvalue weighted by Crippen LogP contribution is -2.22. The van der Waals surface area contributed by atoms with Crippen molar-refractivity contribution in [1.29, 1.82) is 0 Å². The molecule has 0 saturated carbocycles. The van der Waals surface area contributed by atoms with Crippen LogP contribution in [-0.4, -0.2) is 11.2 Å². The maximum absolute atomic E-state index is 9.53. The molecule has 0 aromatic heterocycles. The third kappa shape index (κ3) is 2.06. The Labute approximate surface area is 69.1 Å². The fourth-order valence-electron chi connectivity index (χ4n) is 1.59. The van der Waals surface area contributed by atoms with Crippen molar-refractivity contribution in [2.75, 3.05) is 0 Å². The van der Waals surface area contributed by atoms with E-state index in [0.29, 0.717) is 11.8 Å². The van der Waals surface area contributed by atoms with Gasteiger partial charge in [-0.15, -0.1) is 0 Å². The molecule has 0 heterocycles. The summed E-state index contributed by atoms with van der Waals surface area (Å²) in [6, 6.07) is 0. The van der Waals surface area contributed by atoms with Gasteiger partial charge in [-0.1, -0.05) is 19.9 Å². The first kappa shape index (κ1) is 8.79. The summed E-state index contributed by atoms with van der Waals surface area (Å²) in [7, 11) is 0. The van der Waals surface area contributed by atoms with Crippen molar-refractivity contribution in [1.82, 2.24) is 0 Å². The van der Waals surface area contributed by atoms with E-state index in [1.165, 1.54) is 0 Å². The Kier molecular flexibility index (Phi) is 2.72. The van der Waals surface area contributed by atoms with E-state index < -0.39 is 0 Å². The Hall–Kier alpha value is -0.300. The summed E-state index contributed by atoms with van der Waals surface area (Å²) in [5, 5.41) is 9.53. The molecule has 0 fully saturated rings. The van der Waals surface area contributed by atoms with E-state index in [4.69, 9.17) is 0 Å². The molecule has 0 bridgehead atoms. The lowest BCUT2D eigenvalue weighted by Gasteiger charge is -2.27. The molecule has 0 saturated heterocycles. The van der Waals surface area contributed by atoms with Crippen LogP contribution in [-0.2, 0) is 0 Å². The lowest BCUT2D eigenvalue weighted by molar-refractivity contribution is 0.149. The average Bonchev–Trinajstić information content (AvgIpc) is 1.94. The molecule has 0 aromatic carbocycles. The van der Waals surface area contributed by atoms with Crippen molar-refractivity contribution in [2.24, 2.45) is 11.8 Å². The smallest absolute Gasteiger partial charge is 0.0750 e. The van der Waals surface area contributed by atoms with Gasteiger partial charge in [0.15, 0.2) is 0 Å². The molecule has 1 heteroatoms. The van der Waals surface area contributed by atoms with Crippen LogP contribution in [0.15, 0.2) is 11.6 Å². The highest BCUT2D eigenvalue weighted by Crippen LogP contribution is 2.28. The maximum Gasteiger partial charge on any atom is 0.0750 e. The van der Waals surface area contributed by atoms with E-state index in [0.717, 1.165) is 18.4 Å². The van der Waals surface area contributed by atoms with Crippen molar-refractivity contribution < 1.29 is 5.11 Å². The van der Waals surface area contributed by atoms with Crippen LogP contribution in [0, 0.1) is 11.8 Å². The van der Waals surface area contributed by atoms with Gasteiger partial charge in [0.2, 0.25) is 0 Å². The summed E-state index contributed by atoms with van der Waals surface area (Å²) in [4.78, 5) is 0. The van der Waals surface area contributed by atoms with Crippen molar-refractivity contribution >= 4 is 0 Å². The zero-order valence-electron chi connectivity index (χ0n) is 7.67. The van der Waals surface area contributed by atoms with E-state index in [2.05, 4.69) is 19.9 Å². The molecule has 64 valence electrons. The van der Waals surface area contributed by atoms with Crippen LogP contribution in [0.2, 0.25) is 0 Å². The first-order valence-electron chi connectivity index (χ1n) is 4.46. The largest absolute Gasteiger partial charge is 0.389 e. The molecule has 11 heavy (non-hydrogen) atoms. The number of aliphatic hydroxyl groups excluding tert-OH is 1. The van der Waals surface area contributed by atoms with Crippen LogP contribution >= 0.6 is 0 Å². The molecule has 2 atom stereocenters. The van der Waals surface area contributed by atoms with Crippen LogP contribution in [0.25, 0.3) is 0 Å². The second kappa shape index (κ2) is 3.40. The highest BCUT2D eigenvalue weighted by atomic mass is 16.3. The topological polar surface area (TPSA) is 20.2 Å². The first-order chi connectivity index (χ1) is 5.11. The quantitative estimate of drug-likeness (QED) is 0.575. The Morgan fingerprint density at radius 1 is 1.55 bits per heavy atom. The van der Waals surface area contributed by atoms with Crippen LogP contribution in [0.1, 0.15) is 33.6 Å². The summed E-state index contributed by atoms with van der Waals surface area (Å²) in [6.45, 7) is 6.47. The summed E-state index contributed by atoms with van der Waals surface area (Å²) in [5.74, 6) is 1.39. The Bertz CT molecular complexity index is 158. The fourth-order valence-corrected chi connectivity index (χ4v) is 1.59. The van der Waals surface area contributed by atoms with Gasteiger partial charge in [0.1, 0.15) is 0 Å². The zero-order valence-corrected chi connectivity index (χ0v) is 7.67. The SMILES string of the molecule is CC1=CC[C@@H](C(C)C)C[C@H]1O. The third-order valence-corrected chi connectivity index (χ3v) is 2.74. The van der Waals surface area contributed by atoms with Crippen LogP contribution in [0.3, 0.4) is 0 Å². The second-order valence-electron chi connectivity index (χ2n) is 3.94. The number of rotatable bonds is 1. The van der Waals surface area contributed by atoms with Gasteiger partial charge in [0.25, 0.3) is 0 Å². The van der Waals surface area contributed by atoms with Gasteiger partial charge >= 0.3 is 0 Å². The van der Waals surface area contributed by atoms with Gasteiger partial charge < -0.3 is 5.11 Å². The monoisotopic (exact) mass is 154 g/mol. The molecular formula is C10H18O. The molecule has 1 aliphatic rings. The number of hydrogen-bond acceptors (Lipinski definition) is 1. The predicted molar refractivity (Wildman–Crippen MR) is 47.3 cm³/mol. The van der Waals surface area contributed by atoms with Gasteiger partial charge in [-0.05, 0) is 37.2 Å². The predicted octanol–water partition coefficient (Wildman–Crippen LogP) is 2.36. The summed E-state index contributed by atoms with van der Waals surface area (Å²) >= 11 is 0. The number of allylic oxidation sites excluding steroid dienone is 1. The molecule has 0 aromatic rings. The molecule has 0 unspecified atom stereocenters. The highest BCUT2D eigenvalue weighted by Gasteiger charge is 2.21. The van der Waals surface area contributed by atoms with Gasteiger partial charge in [0, 0.05) is 0 Å². The minimum Gasteiger partial charge on any atom is -0.389 e. The number of hydrogen-bond donors (Lipinski definition) is 1. The van der Waals surface area contributed by atoms with Gasteiger partial charge in [-0.3, -0.25) is 0 Å². The normalized spacial score (nSPS) is 32.3. The van der Waals surface area contributed by atoms with E-state index in [1.807, 2.05) is 6.92 Å². The lowest BCUT2D eigenvalue weighted by atomic mass is 9.81. The minimum absolute atomic E-state index is 0.170. The molecule has 1 aliphatic carbocycles. The fraction of sp³-hybridized carbons (Fsp3) is 0.800. The Balaban J connectivity index is 2.55. The Morgan fingerprint density at radius 2 is 2.18 bits per heavy atom. The van der Waals surface area contributed by atoms with Gasteiger partial charge in [-0.25, -0.2) is 0 Å². The highest BCUT2D eigenvalue weighted by molar-refractivity contribution is 5.09. The second-order valence-corrected chi connectivity index (χ2v) is 3.94. The third-order valence-electron chi connectivity index (χ3n) is 2.74. The zero-order chi connectivity index (χ0) is 8.43. The summed E-state index contributed by atoms with van der Waals surface area (Å²) in [6.07, 6.45) is 4.12. The molecule has 0 radical (unpaired) electrons. The first-order valence-corrected chi connectivity index (χ1v) is 4.46. The summed E-state index contributed by atoms with van der Waals surface area (Å²) in [5.41, 5.74) is 1.15. The Morgan fingerprint density at radius 3 is 2.64 bits per heavy atom. The molecule has 1 rings (SSSR count). The molecular weight excluding hydrogens is 136 g/mol. The molecule has 1 N–H and O–H groups in total. The van der Waals surface area contributed by atoms with E-state index >= 15 is 0 Å². The molecule has 1 nitrogen and oxygen atoms in total. The van der Waals surface area contributed by atoms with Crippen molar-refractivity contribution in [3.05, 3.63) is 11.6 Å². The van der Waals surface area contributed by atoms with E-state index in [1.54, 1.807) is 0 Å². The van der Waals surface area contributed by atoms with E-state index in [-0.39, 0.29) is 6.10 Å². The molecule has 0 amide bonds. The van der Waals surface area contributed by atoms with Crippen LogP contribution in [0.5, 0.6) is 0 Å². The van der Waals surface area contributed by atoms with Crippen molar-refractivity contribution in [3.63, 3.8) is 0 Å². The number of aliphatic hydroxyl groups is 1.